The first-order valence-electron chi connectivity index (χ1n) is 5.76. The Labute approximate surface area is 100 Å². The van der Waals surface area contributed by atoms with E-state index in [1.54, 1.807) is 0 Å². The molecule has 0 saturated carbocycles. The number of halogens is 2. The number of rotatable bonds is 4. The molecule has 0 amide bonds. The molecule has 0 aromatic carbocycles. The average Bonchev–Trinajstić information content (AvgIpc) is 2.27. The minimum absolute atomic E-state index is 0.442. The van der Waals surface area contributed by atoms with Gasteiger partial charge in [-0.05, 0) is 33.0 Å². The second-order valence-corrected chi connectivity index (χ2v) is 4.67. The van der Waals surface area contributed by atoms with Crippen LogP contribution in [0.25, 0.3) is 0 Å². The molecule has 0 spiro atoms. The molecule has 4 nitrogen and oxygen atoms in total. The summed E-state index contributed by atoms with van der Waals surface area (Å²) >= 11 is 0. The lowest BCUT2D eigenvalue weighted by Gasteiger charge is -2.34. The van der Waals surface area contributed by atoms with Crippen molar-refractivity contribution in [1.82, 2.24) is 4.90 Å². The number of methoxy groups -OCH3 is 1. The van der Waals surface area contributed by atoms with Crippen molar-refractivity contribution in [3.05, 3.63) is 0 Å². The van der Waals surface area contributed by atoms with Gasteiger partial charge in [0.1, 0.15) is 6.04 Å². The normalized spacial score (nSPS) is 21.2. The standard InChI is InChI=1S/C11H20F2N2O2/c1-15-5-3-8(4-6-15)11(12,13)7-9(14)10(16)17-2/h8-9H,3-7,14H2,1-2H3. The highest BCUT2D eigenvalue weighted by Crippen LogP contribution is 2.36. The Morgan fingerprint density at radius 1 is 1.53 bits per heavy atom. The Bertz CT molecular complexity index is 266. The van der Waals surface area contributed by atoms with E-state index < -0.39 is 30.3 Å². The molecule has 0 bridgehead atoms. The molecule has 0 aromatic rings. The maximum absolute atomic E-state index is 13.9. The van der Waals surface area contributed by atoms with Gasteiger partial charge in [-0.3, -0.25) is 4.79 Å². The van der Waals surface area contributed by atoms with Gasteiger partial charge in [0, 0.05) is 12.3 Å². The molecular weight excluding hydrogens is 230 g/mol. The monoisotopic (exact) mass is 250 g/mol. The second-order valence-electron chi connectivity index (χ2n) is 4.67. The van der Waals surface area contributed by atoms with E-state index in [-0.39, 0.29) is 0 Å². The highest BCUT2D eigenvalue weighted by molar-refractivity contribution is 5.75. The lowest BCUT2D eigenvalue weighted by Crippen LogP contribution is -2.44. The van der Waals surface area contributed by atoms with Crippen LogP contribution in [0.2, 0.25) is 0 Å². The number of ether oxygens (including phenoxy) is 1. The Hall–Kier alpha value is -0.750. The molecule has 0 aliphatic carbocycles. The van der Waals surface area contributed by atoms with E-state index in [1.807, 2.05) is 11.9 Å². The first-order valence-corrected chi connectivity index (χ1v) is 5.76. The van der Waals surface area contributed by atoms with Crippen molar-refractivity contribution >= 4 is 5.97 Å². The third-order valence-corrected chi connectivity index (χ3v) is 3.31. The molecule has 1 rings (SSSR count). The molecule has 1 atom stereocenters. The van der Waals surface area contributed by atoms with Gasteiger partial charge in [-0.15, -0.1) is 0 Å². The quantitative estimate of drug-likeness (QED) is 0.752. The summed E-state index contributed by atoms with van der Waals surface area (Å²) in [6.07, 6.45) is 0.253. The van der Waals surface area contributed by atoms with Crippen molar-refractivity contribution in [2.24, 2.45) is 11.7 Å². The van der Waals surface area contributed by atoms with Crippen LogP contribution < -0.4 is 5.73 Å². The summed E-state index contributed by atoms with van der Waals surface area (Å²) < 4.78 is 32.1. The van der Waals surface area contributed by atoms with Gasteiger partial charge < -0.3 is 15.4 Å². The smallest absolute Gasteiger partial charge is 0.322 e. The maximum atomic E-state index is 13.9. The third kappa shape index (κ3) is 3.89. The number of hydrogen-bond acceptors (Lipinski definition) is 4. The lowest BCUT2D eigenvalue weighted by atomic mass is 9.87. The van der Waals surface area contributed by atoms with Crippen LogP contribution >= 0.6 is 0 Å². The average molecular weight is 250 g/mol. The molecule has 1 heterocycles. The van der Waals surface area contributed by atoms with Crippen molar-refractivity contribution in [2.45, 2.75) is 31.2 Å². The molecule has 1 saturated heterocycles. The van der Waals surface area contributed by atoms with Gasteiger partial charge in [-0.2, -0.15) is 0 Å². The van der Waals surface area contributed by atoms with Gasteiger partial charge >= 0.3 is 5.97 Å². The van der Waals surface area contributed by atoms with Crippen molar-refractivity contribution in [2.75, 3.05) is 27.2 Å². The molecule has 1 fully saturated rings. The van der Waals surface area contributed by atoms with Crippen LogP contribution in [0.15, 0.2) is 0 Å². The van der Waals surface area contributed by atoms with E-state index in [0.717, 1.165) is 7.11 Å². The van der Waals surface area contributed by atoms with Gasteiger partial charge in [0.15, 0.2) is 0 Å². The number of likely N-dealkylation sites (tertiary alicyclic amines) is 1. The van der Waals surface area contributed by atoms with Gasteiger partial charge in [-0.1, -0.05) is 0 Å². The lowest BCUT2D eigenvalue weighted by molar-refractivity contribution is -0.147. The first-order chi connectivity index (χ1) is 7.86. The van der Waals surface area contributed by atoms with Gasteiger partial charge in [0.05, 0.1) is 7.11 Å². The van der Waals surface area contributed by atoms with E-state index in [4.69, 9.17) is 5.73 Å². The number of hydrogen-bond donors (Lipinski definition) is 1. The van der Waals surface area contributed by atoms with Crippen molar-refractivity contribution in [3.8, 4) is 0 Å². The van der Waals surface area contributed by atoms with Gasteiger partial charge in [-0.25, -0.2) is 8.78 Å². The van der Waals surface area contributed by atoms with Gasteiger partial charge in [0.25, 0.3) is 5.92 Å². The summed E-state index contributed by atoms with van der Waals surface area (Å²) in [7, 11) is 3.06. The fourth-order valence-corrected chi connectivity index (χ4v) is 2.13. The largest absolute Gasteiger partial charge is 0.468 e. The number of carbonyl (C=O) groups is 1. The van der Waals surface area contributed by atoms with E-state index in [0.29, 0.717) is 25.9 Å². The zero-order valence-electron chi connectivity index (χ0n) is 10.3. The number of piperidine rings is 1. The van der Waals surface area contributed by atoms with Crippen LogP contribution in [0, 0.1) is 5.92 Å². The molecule has 2 N–H and O–H groups in total. The summed E-state index contributed by atoms with van der Waals surface area (Å²) in [5, 5.41) is 0. The number of alkyl halides is 2. The zero-order valence-corrected chi connectivity index (χ0v) is 10.3. The molecule has 0 radical (unpaired) electrons. The van der Waals surface area contributed by atoms with Crippen LogP contribution in [0.1, 0.15) is 19.3 Å². The second kappa shape index (κ2) is 5.73. The predicted octanol–water partition coefficient (Wildman–Crippen LogP) is 0.854. The maximum Gasteiger partial charge on any atom is 0.322 e. The van der Waals surface area contributed by atoms with E-state index in [2.05, 4.69) is 4.74 Å². The molecule has 1 unspecified atom stereocenters. The fourth-order valence-electron chi connectivity index (χ4n) is 2.13. The Morgan fingerprint density at radius 2 is 2.06 bits per heavy atom. The van der Waals surface area contributed by atoms with Crippen LogP contribution in [0.4, 0.5) is 8.78 Å². The molecule has 17 heavy (non-hydrogen) atoms. The number of esters is 1. The first kappa shape index (κ1) is 14.3. The summed E-state index contributed by atoms with van der Waals surface area (Å²) in [5.74, 6) is -4.36. The van der Waals surface area contributed by atoms with E-state index in [1.165, 1.54) is 0 Å². The molecular formula is C11H20F2N2O2. The number of carbonyl (C=O) groups excluding carboxylic acids is 1. The van der Waals surface area contributed by atoms with E-state index >= 15 is 0 Å². The fraction of sp³-hybridized carbons (Fsp3) is 0.909. The summed E-state index contributed by atoms with van der Waals surface area (Å²) in [4.78, 5) is 13.1. The van der Waals surface area contributed by atoms with E-state index in [9.17, 15) is 13.6 Å². The molecule has 0 aromatic heterocycles. The minimum atomic E-state index is -2.89. The summed E-state index contributed by atoms with van der Waals surface area (Å²) in [6, 6.07) is -1.24. The highest BCUT2D eigenvalue weighted by atomic mass is 19.3. The molecule has 6 heteroatoms. The SMILES string of the molecule is COC(=O)C(N)CC(F)(F)C1CCN(C)CC1. The zero-order chi connectivity index (χ0) is 13.1. The molecule has 1 aliphatic heterocycles. The predicted molar refractivity (Wildman–Crippen MR) is 59.8 cm³/mol. The third-order valence-electron chi connectivity index (χ3n) is 3.31. The van der Waals surface area contributed by atoms with Crippen LogP contribution in [0.3, 0.4) is 0 Å². The summed E-state index contributed by atoms with van der Waals surface area (Å²) in [5.41, 5.74) is 5.38. The summed E-state index contributed by atoms with van der Waals surface area (Å²) in [6.45, 7) is 1.32. The highest BCUT2D eigenvalue weighted by Gasteiger charge is 2.43. The number of nitrogens with two attached hydrogens (primary N) is 1. The van der Waals surface area contributed by atoms with Gasteiger partial charge in [0.2, 0.25) is 0 Å². The minimum Gasteiger partial charge on any atom is -0.468 e. The Kier molecular flexibility index (Phi) is 4.82. The number of nitrogens with zero attached hydrogens (tertiary/aromatic N) is 1. The van der Waals surface area contributed by atoms with Crippen molar-refractivity contribution in [3.63, 3.8) is 0 Å². The Morgan fingerprint density at radius 3 is 2.53 bits per heavy atom. The van der Waals surface area contributed by atoms with Crippen LogP contribution in [-0.4, -0.2) is 50.1 Å². The topological polar surface area (TPSA) is 55.6 Å². The van der Waals surface area contributed by atoms with Crippen molar-refractivity contribution < 1.29 is 18.3 Å². The van der Waals surface area contributed by atoms with Crippen molar-refractivity contribution in [1.29, 1.82) is 0 Å². The molecule has 1 aliphatic rings. The molecule has 100 valence electrons. The van der Waals surface area contributed by atoms with Crippen LogP contribution in [-0.2, 0) is 9.53 Å². The van der Waals surface area contributed by atoms with Crippen LogP contribution in [0.5, 0.6) is 0 Å². The Balaban J connectivity index is 2.52.